The van der Waals surface area contributed by atoms with E-state index in [9.17, 15) is 9.59 Å². The van der Waals surface area contributed by atoms with Gasteiger partial charge in [-0.05, 0) is 20.3 Å². The Morgan fingerprint density at radius 3 is 1.24 bits per heavy atom. The summed E-state index contributed by atoms with van der Waals surface area (Å²) in [5.74, 6) is -1.87. The van der Waals surface area contributed by atoms with Crippen molar-refractivity contribution in [1.29, 1.82) is 0 Å². The number of carboxylic acid groups (broad SMARTS) is 2. The number of allylic oxidation sites excluding steroid dienone is 4. The van der Waals surface area contributed by atoms with Crippen LogP contribution in [0.25, 0.3) is 0 Å². The Hall–Kier alpha value is -2.10. The summed E-state index contributed by atoms with van der Waals surface area (Å²) in [4.78, 5) is 19.2. The average molecular weight is 238 g/mol. The van der Waals surface area contributed by atoms with Gasteiger partial charge in [0.15, 0.2) is 0 Å². The van der Waals surface area contributed by atoms with Crippen LogP contribution >= 0.6 is 0 Å². The second-order valence-corrected chi connectivity index (χ2v) is 3.26. The van der Waals surface area contributed by atoms with Crippen LogP contribution in [-0.2, 0) is 9.59 Å². The first-order valence-corrected chi connectivity index (χ1v) is 4.88. The minimum absolute atomic E-state index is 0.176. The van der Waals surface area contributed by atoms with Gasteiger partial charge in [0.05, 0.1) is 0 Å². The van der Waals surface area contributed by atoms with Crippen LogP contribution in [0.15, 0.2) is 48.6 Å². The molecule has 0 aromatic heterocycles. The first-order chi connectivity index (χ1) is 7.79. The monoisotopic (exact) mass is 238 g/mol. The molecular formula is C13H18O4. The summed E-state index contributed by atoms with van der Waals surface area (Å²) < 4.78 is 0. The number of hydrogen-bond acceptors (Lipinski definition) is 2. The van der Waals surface area contributed by atoms with E-state index in [4.69, 9.17) is 10.2 Å². The maximum Gasteiger partial charge on any atom is 0.330 e. The molecule has 0 amide bonds. The minimum Gasteiger partial charge on any atom is -0.478 e. The van der Waals surface area contributed by atoms with Crippen molar-refractivity contribution in [2.24, 2.45) is 0 Å². The van der Waals surface area contributed by atoms with E-state index in [0.29, 0.717) is 0 Å². The van der Waals surface area contributed by atoms with Crippen LogP contribution in [-0.4, -0.2) is 22.2 Å². The van der Waals surface area contributed by atoms with Crippen molar-refractivity contribution in [3.63, 3.8) is 0 Å². The third kappa shape index (κ3) is 16.6. The van der Waals surface area contributed by atoms with Crippen LogP contribution in [0.4, 0.5) is 0 Å². The first kappa shape index (κ1) is 17.3. The Bertz CT molecular complexity index is 290. The second kappa shape index (κ2) is 10.4. The van der Waals surface area contributed by atoms with Gasteiger partial charge in [-0.2, -0.15) is 0 Å². The van der Waals surface area contributed by atoms with Crippen molar-refractivity contribution >= 4 is 11.9 Å². The lowest BCUT2D eigenvalue weighted by Crippen LogP contribution is -1.92. The van der Waals surface area contributed by atoms with E-state index in [1.807, 2.05) is 0 Å². The molecule has 0 atom stereocenters. The van der Waals surface area contributed by atoms with E-state index in [-0.39, 0.29) is 11.1 Å². The van der Waals surface area contributed by atoms with Crippen molar-refractivity contribution < 1.29 is 19.8 Å². The summed E-state index contributed by atoms with van der Waals surface area (Å²) in [6, 6.07) is 0. The molecule has 1 rings (SSSR count). The number of carboxylic acids is 2. The van der Waals surface area contributed by atoms with Crippen LogP contribution < -0.4 is 0 Å². The molecular weight excluding hydrogens is 220 g/mol. The molecule has 0 fully saturated rings. The standard InChI is InChI=1S/C5H6.2C4H6O2/c1-2-4-5-3-1;2*1-3(2)4(5)6/h1-4H,5H2;2*1H2,2H3,(H,5,6). The lowest BCUT2D eigenvalue weighted by Gasteiger charge is -1.79. The van der Waals surface area contributed by atoms with Crippen molar-refractivity contribution in [1.82, 2.24) is 0 Å². The highest BCUT2D eigenvalue weighted by molar-refractivity contribution is 5.85. The highest BCUT2D eigenvalue weighted by atomic mass is 16.4. The second-order valence-electron chi connectivity index (χ2n) is 3.26. The van der Waals surface area contributed by atoms with Gasteiger partial charge in [0, 0.05) is 11.1 Å². The van der Waals surface area contributed by atoms with E-state index >= 15 is 0 Å². The molecule has 1 aliphatic rings. The molecule has 0 aliphatic heterocycles. The smallest absolute Gasteiger partial charge is 0.330 e. The summed E-state index contributed by atoms with van der Waals surface area (Å²) in [5.41, 5.74) is 0.352. The Morgan fingerprint density at radius 1 is 0.941 bits per heavy atom. The van der Waals surface area contributed by atoms with Crippen LogP contribution in [0.1, 0.15) is 20.3 Å². The molecule has 1 aliphatic carbocycles. The van der Waals surface area contributed by atoms with Crippen molar-refractivity contribution in [3.8, 4) is 0 Å². The molecule has 0 aromatic rings. The zero-order chi connectivity index (χ0) is 13.8. The number of carbonyl (C=O) groups is 2. The fourth-order valence-electron chi connectivity index (χ4n) is 0.393. The van der Waals surface area contributed by atoms with E-state index in [1.54, 1.807) is 0 Å². The van der Waals surface area contributed by atoms with E-state index < -0.39 is 11.9 Å². The highest BCUT2D eigenvalue weighted by Crippen LogP contribution is 1.93. The van der Waals surface area contributed by atoms with E-state index in [0.717, 1.165) is 6.42 Å². The van der Waals surface area contributed by atoms with Crippen LogP contribution in [0.2, 0.25) is 0 Å². The molecule has 94 valence electrons. The number of rotatable bonds is 2. The number of hydrogen-bond donors (Lipinski definition) is 2. The van der Waals surface area contributed by atoms with E-state index in [1.165, 1.54) is 13.8 Å². The van der Waals surface area contributed by atoms with Crippen molar-refractivity contribution in [2.45, 2.75) is 20.3 Å². The summed E-state index contributed by atoms with van der Waals surface area (Å²) in [6.07, 6.45) is 9.50. The van der Waals surface area contributed by atoms with Gasteiger partial charge in [-0.25, -0.2) is 9.59 Å². The van der Waals surface area contributed by atoms with Gasteiger partial charge in [0.25, 0.3) is 0 Å². The Kier molecular flexibility index (Phi) is 10.6. The molecule has 0 aromatic carbocycles. The summed E-state index contributed by atoms with van der Waals surface area (Å²) in [5, 5.41) is 15.8. The largest absolute Gasteiger partial charge is 0.478 e. The van der Waals surface area contributed by atoms with Gasteiger partial charge in [-0.3, -0.25) is 0 Å². The zero-order valence-electron chi connectivity index (χ0n) is 10.1. The molecule has 0 heterocycles. The predicted octanol–water partition coefficient (Wildman–Crippen LogP) is 2.80. The lowest BCUT2D eigenvalue weighted by atomic mass is 10.4. The molecule has 0 saturated heterocycles. The molecule has 4 nitrogen and oxygen atoms in total. The van der Waals surface area contributed by atoms with Gasteiger partial charge < -0.3 is 10.2 Å². The van der Waals surface area contributed by atoms with Crippen molar-refractivity contribution in [3.05, 3.63) is 48.6 Å². The molecule has 4 heteroatoms. The molecule has 0 radical (unpaired) electrons. The molecule has 2 N–H and O–H groups in total. The Balaban J connectivity index is 0. The number of aliphatic carboxylic acids is 2. The molecule has 17 heavy (non-hydrogen) atoms. The normalized spacial score (nSPS) is 10.5. The van der Waals surface area contributed by atoms with Crippen LogP contribution in [0.3, 0.4) is 0 Å². The van der Waals surface area contributed by atoms with E-state index in [2.05, 4.69) is 37.5 Å². The van der Waals surface area contributed by atoms with Crippen LogP contribution in [0, 0.1) is 0 Å². The molecule has 0 unspecified atom stereocenters. The minimum atomic E-state index is -0.935. The Labute approximate surface area is 101 Å². The topological polar surface area (TPSA) is 74.6 Å². The highest BCUT2D eigenvalue weighted by Gasteiger charge is 1.90. The summed E-state index contributed by atoms with van der Waals surface area (Å²) in [6.45, 7) is 9.20. The van der Waals surface area contributed by atoms with Crippen LogP contribution in [0.5, 0.6) is 0 Å². The van der Waals surface area contributed by atoms with Gasteiger partial charge in [0.1, 0.15) is 0 Å². The Morgan fingerprint density at radius 2 is 1.18 bits per heavy atom. The summed E-state index contributed by atoms with van der Waals surface area (Å²) in [7, 11) is 0. The fourth-order valence-corrected chi connectivity index (χ4v) is 0.393. The van der Waals surface area contributed by atoms with Gasteiger partial charge in [0.2, 0.25) is 0 Å². The maximum absolute atomic E-state index is 9.60. The first-order valence-electron chi connectivity index (χ1n) is 4.88. The summed E-state index contributed by atoms with van der Waals surface area (Å²) >= 11 is 0. The van der Waals surface area contributed by atoms with Gasteiger partial charge in [-0.1, -0.05) is 37.5 Å². The third-order valence-electron chi connectivity index (χ3n) is 1.39. The zero-order valence-corrected chi connectivity index (χ0v) is 10.1. The van der Waals surface area contributed by atoms with Gasteiger partial charge in [-0.15, -0.1) is 0 Å². The average Bonchev–Trinajstić information content (AvgIpc) is 2.75. The SMILES string of the molecule is C1=CCC=C1.C=C(C)C(=O)O.C=C(C)C(=O)O. The molecule has 0 spiro atoms. The van der Waals surface area contributed by atoms with Gasteiger partial charge >= 0.3 is 11.9 Å². The predicted molar refractivity (Wildman–Crippen MR) is 67.8 cm³/mol. The molecule has 0 bridgehead atoms. The quantitative estimate of drug-likeness (QED) is 0.725. The van der Waals surface area contributed by atoms with Crippen molar-refractivity contribution in [2.75, 3.05) is 0 Å². The lowest BCUT2D eigenvalue weighted by molar-refractivity contribution is -0.133. The third-order valence-corrected chi connectivity index (χ3v) is 1.39. The molecule has 0 saturated carbocycles. The fraction of sp³-hybridized carbons (Fsp3) is 0.231. The maximum atomic E-state index is 9.60.